The standard InChI is InChI=1S/C15H11N5O6/c21-15(11-4-2-6-13(8-11)20(25)26)18-17-14(9-16-22)10-3-1-5-12(7-10)19(23)24/h1-8H,9H2,(H,18,21). The molecule has 0 spiro atoms. The van der Waals surface area contributed by atoms with Crippen molar-refractivity contribution in [2.75, 3.05) is 6.54 Å². The molecule has 0 aromatic heterocycles. The third-order valence-electron chi connectivity index (χ3n) is 3.22. The molecule has 26 heavy (non-hydrogen) atoms. The van der Waals surface area contributed by atoms with Crippen molar-refractivity contribution < 1.29 is 14.6 Å². The van der Waals surface area contributed by atoms with Gasteiger partial charge >= 0.3 is 0 Å². The number of amides is 1. The molecule has 1 amide bonds. The van der Waals surface area contributed by atoms with Gasteiger partial charge in [0.1, 0.15) is 6.54 Å². The highest BCUT2D eigenvalue weighted by atomic mass is 16.6. The molecule has 1 N–H and O–H groups in total. The average Bonchev–Trinajstić information content (AvgIpc) is 2.65. The van der Waals surface area contributed by atoms with Crippen molar-refractivity contribution in [3.05, 3.63) is 84.8 Å². The Bertz CT molecular complexity index is 911. The Morgan fingerprint density at radius 3 is 2.04 bits per heavy atom. The fraction of sp³-hybridized carbons (Fsp3) is 0.0667. The molecule has 0 radical (unpaired) electrons. The molecule has 0 aliphatic rings. The van der Waals surface area contributed by atoms with E-state index in [4.69, 9.17) is 0 Å². The summed E-state index contributed by atoms with van der Waals surface area (Å²) in [7, 11) is 0. The van der Waals surface area contributed by atoms with Crippen LogP contribution in [0.25, 0.3) is 0 Å². The monoisotopic (exact) mass is 357 g/mol. The van der Waals surface area contributed by atoms with Crippen LogP contribution in [0.15, 0.2) is 58.8 Å². The Balaban J connectivity index is 2.26. The molecule has 2 rings (SSSR count). The van der Waals surface area contributed by atoms with Gasteiger partial charge in [0.15, 0.2) is 0 Å². The summed E-state index contributed by atoms with van der Waals surface area (Å²) in [4.78, 5) is 43.0. The number of benzene rings is 2. The van der Waals surface area contributed by atoms with Crippen LogP contribution in [0.5, 0.6) is 0 Å². The van der Waals surface area contributed by atoms with Crippen molar-refractivity contribution >= 4 is 23.0 Å². The summed E-state index contributed by atoms with van der Waals surface area (Å²) in [6, 6.07) is 10.3. The SMILES string of the molecule is O=NCC(=NNC(=O)c1cccc([N+](=O)[O-])c1)c1cccc([N+](=O)[O-])c1. The second-order valence-electron chi connectivity index (χ2n) is 4.90. The van der Waals surface area contributed by atoms with Gasteiger partial charge in [-0.2, -0.15) is 10.0 Å². The maximum absolute atomic E-state index is 12.1. The summed E-state index contributed by atoms with van der Waals surface area (Å²) >= 11 is 0. The molecule has 0 aliphatic heterocycles. The zero-order valence-corrected chi connectivity index (χ0v) is 13.1. The van der Waals surface area contributed by atoms with E-state index in [1.54, 1.807) is 0 Å². The van der Waals surface area contributed by atoms with E-state index in [0.717, 1.165) is 6.07 Å². The summed E-state index contributed by atoms with van der Waals surface area (Å²) in [5.41, 5.74) is 1.89. The minimum absolute atomic E-state index is 0.00230. The zero-order chi connectivity index (χ0) is 19.1. The van der Waals surface area contributed by atoms with E-state index in [-0.39, 0.29) is 28.2 Å². The summed E-state index contributed by atoms with van der Waals surface area (Å²) in [5, 5.41) is 28.0. The number of hydrogen-bond acceptors (Lipinski definition) is 8. The van der Waals surface area contributed by atoms with Crippen LogP contribution >= 0.6 is 0 Å². The van der Waals surface area contributed by atoms with Crippen molar-refractivity contribution in [1.82, 2.24) is 5.43 Å². The van der Waals surface area contributed by atoms with E-state index in [1.807, 2.05) is 0 Å². The van der Waals surface area contributed by atoms with Crippen molar-refractivity contribution in [2.45, 2.75) is 0 Å². The van der Waals surface area contributed by atoms with Gasteiger partial charge in [0.05, 0.1) is 15.6 Å². The predicted octanol–water partition coefficient (Wildman–Crippen LogP) is 2.40. The quantitative estimate of drug-likeness (QED) is 0.347. The fourth-order valence-electron chi connectivity index (χ4n) is 1.99. The molecule has 0 saturated carbocycles. The van der Waals surface area contributed by atoms with E-state index in [1.165, 1.54) is 42.5 Å². The maximum atomic E-state index is 12.1. The normalized spacial score (nSPS) is 10.8. The molecule has 0 bridgehead atoms. The van der Waals surface area contributed by atoms with Gasteiger partial charge in [0.25, 0.3) is 17.3 Å². The lowest BCUT2D eigenvalue weighted by Crippen LogP contribution is -2.21. The zero-order valence-electron chi connectivity index (χ0n) is 13.1. The van der Waals surface area contributed by atoms with Crippen molar-refractivity contribution in [3.63, 3.8) is 0 Å². The largest absolute Gasteiger partial charge is 0.271 e. The molecule has 0 saturated heterocycles. The molecule has 11 nitrogen and oxygen atoms in total. The Hall–Kier alpha value is -4.02. The number of nitrogens with zero attached hydrogens (tertiary/aromatic N) is 4. The summed E-state index contributed by atoms with van der Waals surface area (Å²) in [5.74, 6) is -0.748. The Kier molecular flexibility index (Phi) is 5.77. The van der Waals surface area contributed by atoms with Crippen LogP contribution in [0.4, 0.5) is 11.4 Å². The smallest absolute Gasteiger partial charge is 0.267 e. The molecule has 0 fully saturated rings. The van der Waals surface area contributed by atoms with Gasteiger partial charge in [0, 0.05) is 35.4 Å². The van der Waals surface area contributed by atoms with Crippen molar-refractivity contribution in [3.8, 4) is 0 Å². The summed E-state index contributed by atoms with van der Waals surface area (Å²) in [6.07, 6.45) is 0. The molecule has 0 atom stereocenters. The van der Waals surface area contributed by atoms with E-state index in [0.29, 0.717) is 0 Å². The number of nitro groups is 2. The first-order chi connectivity index (χ1) is 12.4. The van der Waals surface area contributed by atoms with Crippen LogP contribution in [0.1, 0.15) is 15.9 Å². The second-order valence-corrected chi connectivity index (χ2v) is 4.90. The minimum atomic E-state index is -0.748. The number of hydrazone groups is 1. The van der Waals surface area contributed by atoms with Gasteiger partial charge < -0.3 is 0 Å². The van der Waals surface area contributed by atoms with Crippen LogP contribution in [0.3, 0.4) is 0 Å². The van der Waals surface area contributed by atoms with Crippen molar-refractivity contribution in [2.24, 2.45) is 10.3 Å². The average molecular weight is 357 g/mol. The first-order valence-electron chi connectivity index (χ1n) is 7.07. The van der Waals surface area contributed by atoms with Crippen LogP contribution in [-0.4, -0.2) is 28.0 Å². The second kappa shape index (κ2) is 8.19. The maximum Gasteiger partial charge on any atom is 0.271 e. The van der Waals surface area contributed by atoms with Gasteiger partial charge in [-0.25, -0.2) is 5.43 Å². The Morgan fingerprint density at radius 1 is 0.962 bits per heavy atom. The van der Waals surface area contributed by atoms with Gasteiger partial charge in [-0.3, -0.25) is 25.0 Å². The molecule has 0 unspecified atom stereocenters. The van der Waals surface area contributed by atoms with Gasteiger partial charge in [0.2, 0.25) is 0 Å². The molecular formula is C15H11N5O6. The summed E-state index contributed by atoms with van der Waals surface area (Å²) < 4.78 is 0. The van der Waals surface area contributed by atoms with Crippen LogP contribution < -0.4 is 5.43 Å². The molecule has 0 aliphatic carbocycles. The van der Waals surface area contributed by atoms with Crippen molar-refractivity contribution in [1.29, 1.82) is 0 Å². The number of nitrogens with one attached hydrogen (secondary N) is 1. The number of carbonyl (C=O) groups is 1. The molecule has 0 heterocycles. The van der Waals surface area contributed by atoms with Crippen LogP contribution in [0.2, 0.25) is 0 Å². The van der Waals surface area contributed by atoms with Gasteiger partial charge in [-0.15, -0.1) is 0 Å². The number of hydrogen-bond donors (Lipinski definition) is 1. The molecular weight excluding hydrogens is 346 g/mol. The van der Waals surface area contributed by atoms with E-state index >= 15 is 0 Å². The van der Waals surface area contributed by atoms with E-state index in [9.17, 15) is 29.9 Å². The first-order valence-corrected chi connectivity index (χ1v) is 7.07. The number of rotatable bonds is 7. The predicted molar refractivity (Wildman–Crippen MR) is 90.9 cm³/mol. The lowest BCUT2D eigenvalue weighted by Gasteiger charge is -2.05. The number of non-ortho nitro benzene ring substituents is 2. The number of nitroso groups, excluding NO2 is 1. The Labute approximate surface area is 145 Å². The highest BCUT2D eigenvalue weighted by Crippen LogP contribution is 2.15. The van der Waals surface area contributed by atoms with Crippen LogP contribution in [0, 0.1) is 25.1 Å². The first kappa shape index (κ1) is 18.3. The van der Waals surface area contributed by atoms with Gasteiger partial charge in [-0.1, -0.05) is 23.4 Å². The molecule has 132 valence electrons. The van der Waals surface area contributed by atoms with E-state index < -0.39 is 22.3 Å². The topological polar surface area (TPSA) is 157 Å². The lowest BCUT2D eigenvalue weighted by atomic mass is 10.1. The number of nitro benzene ring substituents is 2. The third kappa shape index (κ3) is 4.50. The van der Waals surface area contributed by atoms with E-state index in [2.05, 4.69) is 15.7 Å². The van der Waals surface area contributed by atoms with Crippen LogP contribution in [-0.2, 0) is 0 Å². The molecule has 2 aromatic rings. The van der Waals surface area contributed by atoms with Gasteiger partial charge in [-0.05, 0) is 6.07 Å². The highest BCUT2D eigenvalue weighted by molar-refractivity contribution is 6.04. The summed E-state index contributed by atoms with van der Waals surface area (Å²) in [6.45, 7) is -0.434. The minimum Gasteiger partial charge on any atom is -0.267 e. The lowest BCUT2D eigenvalue weighted by molar-refractivity contribution is -0.385. The molecule has 2 aromatic carbocycles. The Morgan fingerprint density at radius 2 is 1.50 bits per heavy atom. The third-order valence-corrected chi connectivity index (χ3v) is 3.22. The highest BCUT2D eigenvalue weighted by Gasteiger charge is 2.13. The fourth-order valence-corrected chi connectivity index (χ4v) is 1.99. The molecule has 11 heteroatoms. The number of carbonyl (C=O) groups excluding carboxylic acids is 1.